The van der Waals surface area contributed by atoms with Gasteiger partial charge in [0.25, 0.3) is 0 Å². The van der Waals surface area contributed by atoms with Gasteiger partial charge < -0.3 is 10.6 Å². The Labute approximate surface area is 123 Å². The van der Waals surface area contributed by atoms with Crippen LogP contribution in [0.15, 0.2) is 42.9 Å². The molecular formula is C16H17N5. The van der Waals surface area contributed by atoms with Crippen molar-refractivity contribution >= 4 is 28.2 Å². The lowest BCUT2D eigenvalue weighted by molar-refractivity contribution is 1.09. The number of hydrogen-bond acceptors (Lipinski definition) is 5. The molecule has 0 saturated heterocycles. The highest BCUT2D eigenvalue weighted by Crippen LogP contribution is 2.27. The summed E-state index contributed by atoms with van der Waals surface area (Å²) in [6.45, 7) is 4.88. The maximum atomic E-state index is 4.37. The average molecular weight is 279 g/mol. The molecule has 2 heterocycles. The van der Waals surface area contributed by atoms with Crippen LogP contribution in [-0.4, -0.2) is 21.5 Å². The predicted octanol–water partition coefficient (Wildman–Crippen LogP) is 3.51. The van der Waals surface area contributed by atoms with Crippen LogP contribution in [0.25, 0.3) is 10.9 Å². The summed E-state index contributed by atoms with van der Waals surface area (Å²) in [5.74, 6) is 1.66. The third-order valence-electron chi connectivity index (χ3n) is 3.33. The highest BCUT2D eigenvalue weighted by Gasteiger charge is 2.08. The third kappa shape index (κ3) is 2.63. The summed E-state index contributed by atoms with van der Waals surface area (Å²) >= 11 is 0. The standard InChI is InChI=1S/C16H17N5/c1-3-17-15-11(2)16(20-10-19-15)21-14-8-4-7-13-12(14)6-5-9-18-13/h4-10H,3H2,1-2H3,(H2,17,19,20,21). The molecule has 2 N–H and O–H groups in total. The fraction of sp³-hybridized carbons (Fsp3) is 0.188. The number of anilines is 3. The van der Waals surface area contributed by atoms with E-state index >= 15 is 0 Å². The minimum atomic E-state index is 0.803. The Bertz CT molecular complexity index is 764. The Morgan fingerprint density at radius 2 is 1.86 bits per heavy atom. The van der Waals surface area contributed by atoms with Crippen LogP contribution in [-0.2, 0) is 0 Å². The van der Waals surface area contributed by atoms with Gasteiger partial charge in [-0.25, -0.2) is 9.97 Å². The summed E-state index contributed by atoms with van der Waals surface area (Å²) in [6.07, 6.45) is 3.36. The zero-order valence-corrected chi connectivity index (χ0v) is 12.1. The predicted molar refractivity (Wildman–Crippen MR) is 86.0 cm³/mol. The van der Waals surface area contributed by atoms with Crippen molar-refractivity contribution in [2.45, 2.75) is 13.8 Å². The quantitative estimate of drug-likeness (QED) is 0.765. The number of pyridine rings is 1. The molecule has 5 heteroatoms. The number of benzene rings is 1. The van der Waals surface area contributed by atoms with Crippen molar-refractivity contribution in [1.29, 1.82) is 0 Å². The van der Waals surface area contributed by atoms with Gasteiger partial charge in [0.15, 0.2) is 0 Å². The van der Waals surface area contributed by atoms with Gasteiger partial charge in [-0.2, -0.15) is 0 Å². The zero-order valence-electron chi connectivity index (χ0n) is 12.1. The molecule has 0 fully saturated rings. The number of hydrogen-bond donors (Lipinski definition) is 2. The SMILES string of the molecule is CCNc1ncnc(Nc2cccc3ncccc23)c1C. The van der Waals surface area contributed by atoms with Crippen molar-refractivity contribution in [3.05, 3.63) is 48.4 Å². The van der Waals surface area contributed by atoms with E-state index < -0.39 is 0 Å². The molecule has 0 amide bonds. The number of rotatable bonds is 4. The molecule has 0 bridgehead atoms. The van der Waals surface area contributed by atoms with Crippen LogP contribution in [0.5, 0.6) is 0 Å². The normalized spacial score (nSPS) is 10.6. The lowest BCUT2D eigenvalue weighted by Crippen LogP contribution is -2.05. The molecule has 0 radical (unpaired) electrons. The van der Waals surface area contributed by atoms with Crippen molar-refractivity contribution in [2.75, 3.05) is 17.2 Å². The summed E-state index contributed by atoms with van der Waals surface area (Å²) in [7, 11) is 0. The highest BCUT2D eigenvalue weighted by atomic mass is 15.1. The molecule has 0 saturated carbocycles. The molecule has 0 spiro atoms. The Morgan fingerprint density at radius 1 is 1.00 bits per heavy atom. The second-order valence-electron chi connectivity index (χ2n) is 4.73. The fourth-order valence-electron chi connectivity index (χ4n) is 2.26. The van der Waals surface area contributed by atoms with Gasteiger partial charge in [-0.05, 0) is 38.1 Å². The first-order valence-electron chi connectivity index (χ1n) is 6.96. The van der Waals surface area contributed by atoms with Crippen molar-refractivity contribution in [3.63, 3.8) is 0 Å². The van der Waals surface area contributed by atoms with Gasteiger partial charge in [-0.3, -0.25) is 4.98 Å². The van der Waals surface area contributed by atoms with Gasteiger partial charge in [0, 0.05) is 29.4 Å². The molecule has 3 rings (SSSR count). The number of nitrogens with zero attached hydrogens (tertiary/aromatic N) is 3. The summed E-state index contributed by atoms with van der Waals surface area (Å²) in [5.41, 5.74) is 2.95. The van der Waals surface area contributed by atoms with E-state index in [4.69, 9.17) is 0 Å². The van der Waals surface area contributed by atoms with E-state index in [-0.39, 0.29) is 0 Å². The average Bonchev–Trinajstić information content (AvgIpc) is 2.52. The second kappa shape index (κ2) is 5.75. The van der Waals surface area contributed by atoms with Gasteiger partial charge in [0.1, 0.15) is 18.0 Å². The molecule has 0 aliphatic rings. The molecule has 0 atom stereocenters. The molecule has 106 valence electrons. The number of nitrogens with one attached hydrogen (secondary N) is 2. The van der Waals surface area contributed by atoms with Crippen LogP contribution in [0, 0.1) is 6.92 Å². The van der Waals surface area contributed by atoms with E-state index in [2.05, 4.69) is 25.6 Å². The van der Waals surface area contributed by atoms with Gasteiger partial charge in [-0.1, -0.05) is 6.07 Å². The third-order valence-corrected chi connectivity index (χ3v) is 3.33. The second-order valence-corrected chi connectivity index (χ2v) is 4.73. The van der Waals surface area contributed by atoms with Gasteiger partial charge in [0.05, 0.1) is 5.52 Å². The summed E-state index contributed by atoms with van der Waals surface area (Å²) < 4.78 is 0. The van der Waals surface area contributed by atoms with Crippen LogP contribution in [0.1, 0.15) is 12.5 Å². The first-order chi connectivity index (χ1) is 10.3. The van der Waals surface area contributed by atoms with Gasteiger partial charge in [-0.15, -0.1) is 0 Å². The molecule has 0 unspecified atom stereocenters. The summed E-state index contributed by atoms with van der Waals surface area (Å²) in [5, 5.41) is 7.69. The molecule has 3 aromatic rings. The maximum Gasteiger partial charge on any atom is 0.138 e. The Hall–Kier alpha value is -2.69. The lowest BCUT2D eigenvalue weighted by Gasteiger charge is -2.13. The highest BCUT2D eigenvalue weighted by molar-refractivity contribution is 5.93. The van der Waals surface area contributed by atoms with Crippen molar-refractivity contribution < 1.29 is 0 Å². The zero-order chi connectivity index (χ0) is 14.7. The Kier molecular flexibility index (Phi) is 3.64. The Morgan fingerprint density at radius 3 is 2.71 bits per heavy atom. The summed E-state index contributed by atoms with van der Waals surface area (Å²) in [4.78, 5) is 13.0. The first-order valence-corrected chi connectivity index (χ1v) is 6.96. The van der Waals surface area contributed by atoms with Crippen molar-refractivity contribution in [1.82, 2.24) is 15.0 Å². The Balaban J connectivity index is 2.01. The molecule has 21 heavy (non-hydrogen) atoms. The minimum absolute atomic E-state index is 0.803. The maximum absolute atomic E-state index is 4.37. The number of aromatic nitrogens is 3. The molecule has 0 aliphatic carbocycles. The van der Waals surface area contributed by atoms with Crippen molar-refractivity contribution in [2.24, 2.45) is 0 Å². The van der Waals surface area contributed by atoms with E-state index in [1.807, 2.05) is 44.2 Å². The number of fused-ring (bicyclic) bond motifs is 1. The van der Waals surface area contributed by atoms with Crippen molar-refractivity contribution in [3.8, 4) is 0 Å². The van der Waals surface area contributed by atoms with Gasteiger partial charge in [0.2, 0.25) is 0 Å². The monoisotopic (exact) mass is 279 g/mol. The molecule has 0 aliphatic heterocycles. The fourth-order valence-corrected chi connectivity index (χ4v) is 2.26. The smallest absolute Gasteiger partial charge is 0.138 e. The topological polar surface area (TPSA) is 62.7 Å². The molecular weight excluding hydrogens is 262 g/mol. The van der Waals surface area contributed by atoms with Gasteiger partial charge >= 0.3 is 0 Å². The van der Waals surface area contributed by atoms with E-state index in [0.29, 0.717) is 0 Å². The largest absolute Gasteiger partial charge is 0.370 e. The van der Waals surface area contributed by atoms with Crippen LogP contribution < -0.4 is 10.6 Å². The molecule has 2 aromatic heterocycles. The van der Waals surface area contributed by atoms with Crippen LogP contribution in [0.2, 0.25) is 0 Å². The van der Waals surface area contributed by atoms with E-state index in [9.17, 15) is 0 Å². The lowest BCUT2D eigenvalue weighted by atomic mass is 10.1. The van der Waals surface area contributed by atoms with E-state index in [1.165, 1.54) is 0 Å². The summed E-state index contributed by atoms with van der Waals surface area (Å²) in [6, 6.07) is 9.99. The molecule has 5 nitrogen and oxygen atoms in total. The van der Waals surface area contributed by atoms with E-state index in [0.717, 1.165) is 40.3 Å². The minimum Gasteiger partial charge on any atom is -0.370 e. The first kappa shape index (κ1) is 13.3. The molecule has 1 aromatic carbocycles. The van der Waals surface area contributed by atoms with Crippen LogP contribution in [0.4, 0.5) is 17.3 Å². The van der Waals surface area contributed by atoms with Crippen LogP contribution >= 0.6 is 0 Å². The van der Waals surface area contributed by atoms with Crippen LogP contribution in [0.3, 0.4) is 0 Å². The van der Waals surface area contributed by atoms with E-state index in [1.54, 1.807) is 12.5 Å².